The molecule has 9 heteroatoms. The molecule has 1 aromatic carbocycles. The predicted molar refractivity (Wildman–Crippen MR) is 89.2 cm³/mol. The standard InChI is InChI=1S/C16H22F2N2O4S/c1-2-10-25(22,23)19-13-6-8-20(9-7-13)15(21)12-4-3-5-14(11-12)24-16(17)18/h3-5,11,13,16,19H,2,6-10H2,1H3. The van der Waals surface area contributed by atoms with Crippen molar-refractivity contribution in [1.29, 1.82) is 0 Å². The number of carbonyl (C=O) groups excluding carboxylic acids is 1. The Morgan fingerprint density at radius 2 is 2.04 bits per heavy atom. The van der Waals surface area contributed by atoms with Crippen molar-refractivity contribution in [3.05, 3.63) is 29.8 Å². The summed E-state index contributed by atoms with van der Waals surface area (Å²) in [6.45, 7) is -0.347. The van der Waals surface area contributed by atoms with Gasteiger partial charge in [-0.15, -0.1) is 0 Å². The number of benzene rings is 1. The summed E-state index contributed by atoms with van der Waals surface area (Å²) in [6.07, 6.45) is 1.58. The van der Waals surface area contributed by atoms with Crippen molar-refractivity contribution < 1.29 is 26.7 Å². The number of nitrogens with one attached hydrogen (secondary N) is 1. The van der Waals surface area contributed by atoms with Gasteiger partial charge in [-0.2, -0.15) is 8.78 Å². The zero-order valence-corrected chi connectivity index (χ0v) is 14.8. The SMILES string of the molecule is CCCS(=O)(=O)NC1CCN(C(=O)c2cccc(OC(F)F)c2)CC1. The molecular weight excluding hydrogens is 354 g/mol. The lowest BCUT2D eigenvalue weighted by atomic mass is 10.0. The minimum absolute atomic E-state index is 0.0666. The van der Waals surface area contributed by atoms with Gasteiger partial charge in [-0.05, 0) is 37.5 Å². The molecule has 2 rings (SSSR count). The number of sulfonamides is 1. The number of nitrogens with zero attached hydrogens (tertiary/aromatic N) is 1. The summed E-state index contributed by atoms with van der Waals surface area (Å²) >= 11 is 0. The summed E-state index contributed by atoms with van der Waals surface area (Å²) in [7, 11) is -3.28. The van der Waals surface area contributed by atoms with Gasteiger partial charge in [0.15, 0.2) is 0 Å². The molecule has 25 heavy (non-hydrogen) atoms. The van der Waals surface area contributed by atoms with Gasteiger partial charge in [0.05, 0.1) is 5.75 Å². The van der Waals surface area contributed by atoms with E-state index in [1.54, 1.807) is 11.8 Å². The maximum absolute atomic E-state index is 12.5. The van der Waals surface area contributed by atoms with Crippen LogP contribution in [-0.2, 0) is 10.0 Å². The zero-order chi connectivity index (χ0) is 18.4. The quantitative estimate of drug-likeness (QED) is 0.792. The minimum Gasteiger partial charge on any atom is -0.435 e. The Bertz CT molecular complexity index is 689. The third-order valence-electron chi connectivity index (χ3n) is 3.91. The summed E-state index contributed by atoms with van der Waals surface area (Å²) in [6, 6.07) is 5.48. The van der Waals surface area contributed by atoms with Gasteiger partial charge in [0.2, 0.25) is 10.0 Å². The smallest absolute Gasteiger partial charge is 0.387 e. The van der Waals surface area contributed by atoms with Crippen molar-refractivity contribution in [3.8, 4) is 5.75 Å². The Morgan fingerprint density at radius 1 is 1.36 bits per heavy atom. The molecule has 1 N–H and O–H groups in total. The molecular formula is C16H22F2N2O4S. The van der Waals surface area contributed by atoms with Gasteiger partial charge in [0.25, 0.3) is 5.91 Å². The van der Waals surface area contributed by atoms with Gasteiger partial charge in [0.1, 0.15) is 5.75 Å². The Hall–Kier alpha value is -1.74. The number of rotatable bonds is 7. The predicted octanol–water partition coefficient (Wildman–Crippen LogP) is 2.22. The topological polar surface area (TPSA) is 75.7 Å². The van der Waals surface area contributed by atoms with Gasteiger partial charge in [-0.25, -0.2) is 13.1 Å². The number of hydrogen-bond acceptors (Lipinski definition) is 4. The number of ether oxygens (including phenoxy) is 1. The Morgan fingerprint density at radius 3 is 2.64 bits per heavy atom. The molecule has 0 aromatic heterocycles. The number of hydrogen-bond donors (Lipinski definition) is 1. The number of amides is 1. The summed E-state index contributed by atoms with van der Waals surface area (Å²) in [5, 5.41) is 0. The van der Waals surface area contributed by atoms with Crippen molar-refractivity contribution in [3.63, 3.8) is 0 Å². The van der Waals surface area contributed by atoms with Crippen molar-refractivity contribution in [1.82, 2.24) is 9.62 Å². The molecule has 1 fully saturated rings. The van der Waals surface area contributed by atoms with E-state index in [1.807, 2.05) is 0 Å². The second-order valence-corrected chi connectivity index (χ2v) is 7.78. The van der Waals surface area contributed by atoms with E-state index in [-0.39, 0.29) is 29.0 Å². The van der Waals surface area contributed by atoms with Crippen molar-refractivity contribution >= 4 is 15.9 Å². The average Bonchev–Trinajstić information content (AvgIpc) is 2.54. The first-order valence-electron chi connectivity index (χ1n) is 8.15. The van der Waals surface area contributed by atoms with Gasteiger partial charge in [0, 0.05) is 24.7 Å². The van der Waals surface area contributed by atoms with E-state index in [2.05, 4.69) is 9.46 Å². The first-order chi connectivity index (χ1) is 11.8. The van der Waals surface area contributed by atoms with Crippen LogP contribution in [0.1, 0.15) is 36.5 Å². The second-order valence-electron chi connectivity index (χ2n) is 5.91. The summed E-state index contributed by atoms with van der Waals surface area (Å²) in [5.41, 5.74) is 0.267. The molecule has 0 aliphatic carbocycles. The highest BCUT2D eigenvalue weighted by atomic mass is 32.2. The van der Waals surface area contributed by atoms with E-state index in [9.17, 15) is 22.0 Å². The summed E-state index contributed by atoms with van der Waals surface area (Å²) in [5.74, 6) is -0.263. The molecule has 0 atom stereocenters. The largest absolute Gasteiger partial charge is 0.435 e. The molecule has 1 aliphatic rings. The fraction of sp³-hybridized carbons (Fsp3) is 0.562. The molecule has 140 valence electrons. The maximum Gasteiger partial charge on any atom is 0.387 e. The van der Waals surface area contributed by atoms with Gasteiger partial charge >= 0.3 is 6.61 Å². The number of piperidine rings is 1. The fourth-order valence-electron chi connectivity index (χ4n) is 2.77. The third kappa shape index (κ3) is 5.93. The highest BCUT2D eigenvalue weighted by molar-refractivity contribution is 7.89. The highest BCUT2D eigenvalue weighted by Gasteiger charge is 2.26. The Labute approximate surface area is 146 Å². The molecule has 0 unspecified atom stereocenters. The second kappa shape index (κ2) is 8.57. The van der Waals surface area contributed by atoms with E-state index in [0.29, 0.717) is 32.4 Å². The van der Waals surface area contributed by atoms with E-state index < -0.39 is 16.6 Å². The van der Waals surface area contributed by atoms with Crippen LogP contribution in [0.3, 0.4) is 0 Å². The van der Waals surface area contributed by atoms with Gasteiger partial charge in [-0.1, -0.05) is 13.0 Å². The molecule has 1 amide bonds. The molecule has 0 bridgehead atoms. The van der Waals surface area contributed by atoms with Crippen LogP contribution in [0.4, 0.5) is 8.78 Å². The van der Waals surface area contributed by atoms with E-state index in [0.717, 1.165) is 0 Å². The van der Waals surface area contributed by atoms with Crippen LogP contribution < -0.4 is 9.46 Å². The molecule has 0 saturated carbocycles. The van der Waals surface area contributed by atoms with Crippen molar-refractivity contribution in [2.45, 2.75) is 38.8 Å². The van der Waals surface area contributed by atoms with Crippen LogP contribution in [0.25, 0.3) is 0 Å². The Kier molecular flexibility index (Phi) is 6.71. The molecule has 0 radical (unpaired) electrons. The van der Waals surface area contributed by atoms with Crippen LogP contribution in [0, 0.1) is 0 Å². The van der Waals surface area contributed by atoms with Crippen molar-refractivity contribution in [2.75, 3.05) is 18.8 Å². The summed E-state index contributed by atoms with van der Waals surface area (Å²) < 4.78 is 55.1. The lowest BCUT2D eigenvalue weighted by molar-refractivity contribution is -0.0499. The van der Waals surface area contributed by atoms with Crippen molar-refractivity contribution in [2.24, 2.45) is 0 Å². The number of likely N-dealkylation sites (tertiary alicyclic amines) is 1. The fourth-order valence-corrected chi connectivity index (χ4v) is 4.17. The normalized spacial score (nSPS) is 16.2. The molecule has 1 aromatic rings. The lowest BCUT2D eigenvalue weighted by Gasteiger charge is -2.32. The van der Waals surface area contributed by atoms with Gasteiger partial charge < -0.3 is 9.64 Å². The minimum atomic E-state index is -3.28. The first kappa shape index (κ1) is 19.6. The van der Waals surface area contributed by atoms with E-state index in [4.69, 9.17) is 0 Å². The monoisotopic (exact) mass is 376 g/mol. The van der Waals surface area contributed by atoms with Crippen LogP contribution in [-0.4, -0.2) is 50.7 Å². The molecule has 6 nitrogen and oxygen atoms in total. The van der Waals surface area contributed by atoms with Gasteiger partial charge in [-0.3, -0.25) is 4.79 Å². The number of alkyl halides is 2. The first-order valence-corrected chi connectivity index (χ1v) is 9.80. The molecule has 1 aliphatic heterocycles. The average molecular weight is 376 g/mol. The molecule has 1 heterocycles. The van der Waals surface area contributed by atoms with E-state index in [1.165, 1.54) is 24.3 Å². The van der Waals surface area contributed by atoms with Crippen LogP contribution in [0.15, 0.2) is 24.3 Å². The number of halogens is 2. The molecule has 1 saturated heterocycles. The van der Waals surface area contributed by atoms with Crippen LogP contribution in [0.2, 0.25) is 0 Å². The maximum atomic E-state index is 12.5. The Balaban J connectivity index is 1.93. The summed E-state index contributed by atoms with van der Waals surface area (Å²) in [4.78, 5) is 14.1. The highest BCUT2D eigenvalue weighted by Crippen LogP contribution is 2.19. The van der Waals surface area contributed by atoms with Crippen LogP contribution in [0.5, 0.6) is 5.75 Å². The number of carbonyl (C=O) groups is 1. The third-order valence-corrected chi connectivity index (χ3v) is 5.55. The lowest BCUT2D eigenvalue weighted by Crippen LogP contribution is -2.46. The van der Waals surface area contributed by atoms with Crippen LogP contribution >= 0.6 is 0 Å². The van der Waals surface area contributed by atoms with E-state index >= 15 is 0 Å². The zero-order valence-electron chi connectivity index (χ0n) is 14.0. The molecule has 0 spiro atoms.